The minimum Gasteiger partial charge on any atom is -0.309 e. The Balaban J connectivity index is 1.25. The molecule has 5 heteroatoms. The van der Waals surface area contributed by atoms with Crippen LogP contribution in [0, 0.1) is 0 Å². The molecule has 0 atom stereocenters. The molecule has 3 aromatic heterocycles. The number of hydrogen-bond acceptors (Lipinski definition) is 4. The van der Waals surface area contributed by atoms with Gasteiger partial charge < -0.3 is 4.57 Å². The molecule has 0 aliphatic rings. The molecule has 11 aromatic rings. The molecule has 8 aromatic carbocycles. The molecule has 11 rings (SSSR count). The van der Waals surface area contributed by atoms with Crippen LogP contribution in [0.15, 0.2) is 170 Å². The summed E-state index contributed by atoms with van der Waals surface area (Å²) in [6.45, 7) is 0. The minimum absolute atomic E-state index is 0.0211. The van der Waals surface area contributed by atoms with Gasteiger partial charge in [-0.1, -0.05) is 139 Å². The van der Waals surface area contributed by atoms with E-state index in [1.807, 2.05) is 97.1 Å². The first kappa shape index (κ1) is 20.2. The third-order valence-corrected chi connectivity index (χ3v) is 10.5. The number of benzene rings is 8. The van der Waals surface area contributed by atoms with E-state index in [2.05, 4.69) is 0 Å². The molecule has 0 amide bonds. The first-order chi connectivity index (χ1) is 30.3. The molecule has 52 heavy (non-hydrogen) atoms. The van der Waals surface area contributed by atoms with Gasteiger partial charge in [0.15, 0.2) is 17.5 Å². The summed E-state index contributed by atoms with van der Waals surface area (Å²) in [5, 5.41) is 1.57. The van der Waals surface area contributed by atoms with E-state index in [9.17, 15) is 5.48 Å². The first-order valence-corrected chi connectivity index (χ1v) is 17.4. The zero-order valence-electron chi connectivity index (χ0n) is 38.0. The second kappa shape index (κ2) is 11.4. The van der Waals surface area contributed by atoms with E-state index in [0.29, 0.717) is 23.2 Å². The summed E-state index contributed by atoms with van der Waals surface area (Å²) in [5.41, 5.74) is 3.33. The second-order valence-corrected chi connectivity index (χ2v) is 13.4. The Kier molecular flexibility index (Phi) is 4.44. The number of aromatic nitrogens is 4. The molecule has 0 aliphatic heterocycles. The van der Waals surface area contributed by atoms with Crippen LogP contribution in [0.4, 0.5) is 0 Å². The lowest BCUT2D eigenvalue weighted by atomic mass is 10.00. The molecule has 0 N–H and O–H groups in total. The maximum Gasteiger partial charge on any atom is 0.164 e. The monoisotopic (exact) mass is 691 g/mol. The fourth-order valence-corrected chi connectivity index (χ4v) is 8.29. The van der Waals surface area contributed by atoms with Crippen molar-refractivity contribution in [2.24, 2.45) is 0 Å². The van der Waals surface area contributed by atoms with Crippen molar-refractivity contribution in [1.29, 1.82) is 0 Å². The zero-order valence-corrected chi connectivity index (χ0v) is 27.8. The summed E-state index contributed by atoms with van der Waals surface area (Å²) in [7, 11) is 0. The predicted octanol–water partition coefficient (Wildman–Crippen LogP) is 12.6. The van der Waals surface area contributed by atoms with Crippen molar-refractivity contribution >= 4 is 74.9 Å². The SMILES string of the molecule is [2H]c1c([2H])c([2H])c2c(c([2H])cc3c2c2c4c([2H])c([2H])c([2H])c([2H])c4c([2H])c([2H])c2n3-c2cccc3sc4cc(-c5nc(-c6ccccc6)nc(-c6ccccc6)n5)ccc4c23)c1[2H]. The Labute approximate surface area is 318 Å². The van der Waals surface area contributed by atoms with Crippen LogP contribution in [0.25, 0.3) is 103 Å². The van der Waals surface area contributed by atoms with E-state index in [1.54, 1.807) is 4.57 Å². The summed E-state index contributed by atoms with van der Waals surface area (Å²) < 4.78 is 102. The van der Waals surface area contributed by atoms with Gasteiger partial charge in [0.1, 0.15) is 0 Å². The predicted molar refractivity (Wildman–Crippen MR) is 218 cm³/mol. The smallest absolute Gasteiger partial charge is 0.164 e. The minimum atomic E-state index is -0.567. The molecule has 3 heterocycles. The molecule has 0 radical (unpaired) electrons. The van der Waals surface area contributed by atoms with Crippen LogP contribution in [-0.4, -0.2) is 19.5 Å². The standard InChI is InChI=1S/C47H28N4S/c1-3-14-31(15-4-1)45-48-46(32-16-5-2-6-17-32)50-47(49-45)33-22-25-36-41(28-33)52-40-21-11-20-37(42(36)40)51-38-26-23-29-12-7-9-18-34(29)43(38)44-35-19-10-8-13-30(35)24-27-39(44)51/h1-28H/i7D,8D,9D,10D,12D,13D,18D,19D,23D,24D,26D. The lowest BCUT2D eigenvalue weighted by Gasteiger charge is -2.11. The largest absolute Gasteiger partial charge is 0.309 e. The molecule has 0 saturated heterocycles. The lowest BCUT2D eigenvalue weighted by Crippen LogP contribution is -2.00. The summed E-state index contributed by atoms with van der Waals surface area (Å²) in [6.07, 6.45) is 0. The van der Waals surface area contributed by atoms with E-state index in [1.165, 1.54) is 17.4 Å². The van der Waals surface area contributed by atoms with Crippen LogP contribution < -0.4 is 0 Å². The topological polar surface area (TPSA) is 43.6 Å². The van der Waals surface area contributed by atoms with Crippen molar-refractivity contribution < 1.29 is 15.1 Å². The van der Waals surface area contributed by atoms with Gasteiger partial charge in [-0.25, -0.2) is 15.0 Å². The van der Waals surface area contributed by atoms with Gasteiger partial charge in [0.25, 0.3) is 0 Å². The molecule has 0 bridgehead atoms. The van der Waals surface area contributed by atoms with Crippen molar-refractivity contribution in [3.8, 4) is 39.9 Å². The average molecular weight is 692 g/mol. The number of rotatable bonds is 4. The van der Waals surface area contributed by atoms with Crippen molar-refractivity contribution in [3.63, 3.8) is 0 Å². The Morgan fingerprint density at radius 2 is 1.06 bits per heavy atom. The van der Waals surface area contributed by atoms with Crippen LogP contribution in [-0.2, 0) is 0 Å². The number of hydrogen-bond donors (Lipinski definition) is 0. The van der Waals surface area contributed by atoms with E-state index in [-0.39, 0.29) is 55.4 Å². The van der Waals surface area contributed by atoms with E-state index in [0.717, 1.165) is 36.9 Å². The van der Waals surface area contributed by atoms with Crippen LogP contribution in [0.2, 0.25) is 0 Å². The van der Waals surface area contributed by atoms with Gasteiger partial charge in [0.05, 0.1) is 31.8 Å². The normalized spacial score (nSPS) is 14.8. The van der Waals surface area contributed by atoms with Crippen molar-refractivity contribution in [2.75, 3.05) is 0 Å². The molecule has 0 saturated carbocycles. The molecular formula is C47H28N4S. The van der Waals surface area contributed by atoms with E-state index in [4.69, 9.17) is 24.5 Å². The van der Waals surface area contributed by atoms with Gasteiger partial charge in [-0.15, -0.1) is 11.3 Å². The Morgan fingerprint density at radius 3 is 1.75 bits per heavy atom. The lowest BCUT2D eigenvalue weighted by molar-refractivity contribution is 1.07. The van der Waals surface area contributed by atoms with Gasteiger partial charge in [-0.2, -0.15) is 0 Å². The average Bonchev–Trinajstić information content (AvgIpc) is 3.85. The van der Waals surface area contributed by atoms with Crippen LogP contribution in [0.3, 0.4) is 0 Å². The highest BCUT2D eigenvalue weighted by atomic mass is 32.1. The van der Waals surface area contributed by atoms with Crippen molar-refractivity contribution in [3.05, 3.63) is 170 Å². The van der Waals surface area contributed by atoms with Gasteiger partial charge in [0, 0.05) is 47.6 Å². The van der Waals surface area contributed by atoms with Crippen LogP contribution >= 0.6 is 11.3 Å². The molecule has 0 spiro atoms. The highest BCUT2D eigenvalue weighted by Gasteiger charge is 2.21. The van der Waals surface area contributed by atoms with E-state index < -0.39 is 54.4 Å². The van der Waals surface area contributed by atoms with Crippen molar-refractivity contribution in [2.45, 2.75) is 0 Å². The van der Waals surface area contributed by atoms with Gasteiger partial charge >= 0.3 is 0 Å². The van der Waals surface area contributed by atoms with Gasteiger partial charge in [0.2, 0.25) is 0 Å². The second-order valence-electron chi connectivity index (χ2n) is 12.4. The van der Waals surface area contributed by atoms with Crippen LogP contribution in [0.5, 0.6) is 0 Å². The number of nitrogens with zero attached hydrogens (tertiary/aromatic N) is 4. The summed E-state index contributed by atoms with van der Waals surface area (Å²) in [5.74, 6) is 1.52. The molecule has 0 aliphatic carbocycles. The third kappa shape index (κ3) is 4.43. The Morgan fingerprint density at radius 1 is 0.442 bits per heavy atom. The summed E-state index contributed by atoms with van der Waals surface area (Å²) in [4.78, 5) is 14.7. The molecule has 0 unspecified atom stereocenters. The van der Waals surface area contributed by atoms with Crippen molar-refractivity contribution in [1.82, 2.24) is 19.5 Å². The summed E-state index contributed by atoms with van der Waals surface area (Å²) >= 11 is 1.52. The highest BCUT2D eigenvalue weighted by molar-refractivity contribution is 7.26. The number of fused-ring (bicyclic) bond motifs is 10. The molecule has 242 valence electrons. The fourth-order valence-electron chi connectivity index (χ4n) is 7.13. The Bertz CT molecular complexity index is 3760. The maximum atomic E-state index is 9.56. The first-order valence-electron chi connectivity index (χ1n) is 22.1. The molecule has 4 nitrogen and oxygen atoms in total. The highest BCUT2D eigenvalue weighted by Crippen LogP contribution is 2.44. The molecular weight excluding hydrogens is 653 g/mol. The molecule has 0 fully saturated rings. The van der Waals surface area contributed by atoms with Gasteiger partial charge in [-0.05, 0) is 51.9 Å². The quantitative estimate of drug-likeness (QED) is 0.184. The third-order valence-electron chi connectivity index (χ3n) is 9.42. The maximum absolute atomic E-state index is 9.56. The van der Waals surface area contributed by atoms with Crippen LogP contribution in [0.1, 0.15) is 15.1 Å². The van der Waals surface area contributed by atoms with Gasteiger partial charge in [-0.3, -0.25) is 0 Å². The zero-order chi connectivity index (χ0) is 43.7. The summed E-state index contributed by atoms with van der Waals surface area (Å²) in [6, 6.07) is 27.4. The van der Waals surface area contributed by atoms with E-state index >= 15 is 0 Å². The fraction of sp³-hybridized carbons (Fsp3) is 0. The number of thiophene rings is 1. The Hall–Kier alpha value is -6.69.